The number of hydrogen-bond acceptors (Lipinski definition) is 13. The number of imide groups is 1. The molecule has 0 radical (unpaired) electrons. The van der Waals surface area contributed by atoms with Crippen LogP contribution in [0.25, 0.3) is 21.8 Å². The van der Waals surface area contributed by atoms with Crippen LogP contribution in [-0.2, 0) is 32.8 Å². The number of benzene rings is 4. The summed E-state index contributed by atoms with van der Waals surface area (Å²) in [7, 11) is 2.93. The molecule has 1 aliphatic carbocycles. The van der Waals surface area contributed by atoms with E-state index in [4.69, 9.17) is 14.2 Å². The van der Waals surface area contributed by atoms with Crippen LogP contribution in [0.1, 0.15) is 64.1 Å². The summed E-state index contributed by atoms with van der Waals surface area (Å²) in [6.45, 7) is 2.40. The number of fused-ring (bicyclic) bond motifs is 4. The van der Waals surface area contributed by atoms with Gasteiger partial charge in [-0.15, -0.1) is 13.2 Å². The third kappa shape index (κ3) is 10.1. The number of piperidine rings is 1. The molecule has 3 N–H and O–H groups in total. The van der Waals surface area contributed by atoms with Gasteiger partial charge in [0.05, 0.1) is 28.9 Å². The first-order valence-corrected chi connectivity index (χ1v) is 23.8. The third-order valence-electron chi connectivity index (χ3n) is 14.2. The molecule has 1 saturated carbocycles. The zero-order valence-electron chi connectivity index (χ0n) is 40.3. The SMILES string of the molecule is COc1cc2c(Oc3ccc(NC(=O)c4c(C)n(C)c5ccc(OC(F)(F)F)cc5c4=O)cc3F)ncnc2cc1OCC(=O)N1CC2CC(CC(=O)Nc3ccc4c(c3)CN(C3CCC(=O)NC3=O)C4=O)CC2C1. The molecule has 23 heteroatoms. The largest absolute Gasteiger partial charge is 0.573 e. The van der Waals surface area contributed by atoms with Gasteiger partial charge in [0.1, 0.15) is 23.7 Å². The van der Waals surface area contributed by atoms with Gasteiger partial charge in [-0.3, -0.25) is 38.9 Å². The van der Waals surface area contributed by atoms with Crippen LogP contribution in [0.3, 0.4) is 0 Å². The van der Waals surface area contributed by atoms with Crippen molar-refractivity contribution in [3.05, 3.63) is 111 Å². The van der Waals surface area contributed by atoms with Gasteiger partial charge in [0.25, 0.3) is 17.7 Å². The number of ether oxygens (including phenoxy) is 4. The second-order valence-corrected chi connectivity index (χ2v) is 18.9. The lowest BCUT2D eigenvalue weighted by molar-refractivity contribution is -0.274. The van der Waals surface area contributed by atoms with Gasteiger partial charge in [-0.05, 0) is 104 Å². The number of alkyl halides is 3. The molecule has 6 aromatic rings. The molecule has 10 rings (SSSR count). The summed E-state index contributed by atoms with van der Waals surface area (Å²) in [6, 6.07) is 14.1. The van der Waals surface area contributed by atoms with Crippen molar-refractivity contribution in [3.8, 4) is 28.9 Å². The summed E-state index contributed by atoms with van der Waals surface area (Å²) >= 11 is 0. The van der Waals surface area contributed by atoms with Gasteiger partial charge in [-0.1, -0.05) is 0 Å². The van der Waals surface area contributed by atoms with E-state index in [2.05, 4.69) is 30.7 Å². The van der Waals surface area contributed by atoms with E-state index >= 15 is 4.39 Å². The van der Waals surface area contributed by atoms with Gasteiger partial charge >= 0.3 is 6.36 Å². The number of rotatable bonds is 13. The molecular formula is C52H46F4N8O11. The van der Waals surface area contributed by atoms with Gasteiger partial charge in [0.15, 0.2) is 29.7 Å². The zero-order valence-corrected chi connectivity index (χ0v) is 40.3. The van der Waals surface area contributed by atoms with Crippen LogP contribution in [0.5, 0.6) is 28.9 Å². The highest BCUT2D eigenvalue weighted by atomic mass is 19.4. The Morgan fingerprint density at radius 3 is 2.33 bits per heavy atom. The van der Waals surface area contributed by atoms with Gasteiger partial charge in [0, 0.05) is 74.3 Å². The molecule has 4 aliphatic rings. The van der Waals surface area contributed by atoms with E-state index in [0.29, 0.717) is 47.2 Å². The minimum absolute atomic E-state index is 0.0638. The number of carbonyl (C=O) groups excluding carboxylic acids is 6. The first-order chi connectivity index (χ1) is 35.8. The van der Waals surface area contributed by atoms with Gasteiger partial charge in [-0.2, -0.15) is 0 Å². The standard InChI is InChI=1S/C52H46F4N8O11/c1-25-46(47(68)35-17-32(75-52(54,55)56)6-8-38(35)62(25)2)49(70)60-31-5-10-40(36(53)16-31)74-50-34-18-41(72-3)42(19-37(34)57-24-58-50)73-23-45(67)63-20-27-12-26(13-28(27)21-63)14-44(66)59-30-4-7-33-29(15-30)22-64(51(33)71)39-9-11-43(65)61-48(39)69/h4-8,10,15-19,24,26-28,39H,9,11-14,20-23H2,1-3H3,(H,59,66)(H,60,70)(H,61,65,69). The Morgan fingerprint density at radius 2 is 1.61 bits per heavy atom. The number of halogens is 4. The number of pyridine rings is 1. The molecule has 3 atom stereocenters. The Labute approximate surface area is 423 Å². The molecule has 3 unspecified atom stereocenters. The average Bonchev–Trinajstić information content (AvgIpc) is 4.04. The Balaban J connectivity index is 0.723. The number of nitrogens with zero attached hydrogens (tertiary/aromatic N) is 5. The van der Waals surface area contributed by atoms with Crippen molar-refractivity contribution in [1.82, 2.24) is 29.7 Å². The summed E-state index contributed by atoms with van der Waals surface area (Å²) in [6.07, 6.45) is -1.59. The van der Waals surface area contributed by atoms with E-state index in [1.165, 1.54) is 67.2 Å². The fourth-order valence-electron chi connectivity index (χ4n) is 10.6. The van der Waals surface area contributed by atoms with Gasteiger partial charge < -0.3 is 43.9 Å². The summed E-state index contributed by atoms with van der Waals surface area (Å²) in [5, 5.41) is 7.81. The molecule has 0 spiro atoms. The minimum Gasteiger partial charge on any atom is -0.493 e. The zero-order chi connectivity index (χ0) is 53.0. The summed E-state index contributed by atoms with van der Waals surface area (Å²) < 4.78 is 77.2. The van der Waals surface area contributed by atoms with Crippen molar-refractivity contribution in [1.29, 1.82) is 0 Å². The Morgan fingerprint density at radius 1 is 0.867 bits per heavy atom. The van der Waals surface area contributed by atoms with Crippen molar-refractivity contribution >= 4 is 68.6 Å². The maximum Gasteiger partial charge on any atom is 0.573 e. The molecule has 75 heavy (non-hydrogen) atoms. The molecule has 19 nitrogen and oxygen atoms in total. The number of carbonyl (C=O) groups is 6. The van der Waals surface area contributed by atoms with Crippen molar-refractivity contribution < 1.29 is 65.3 Å². The summed E-state index contributed by atoms with van der Waals surface area (Å²) in [5.74, 6) is -3.48. The lowest BCUT2D eigenvalue weighted by Gasteiger charge is -2.29. The van der Waals surface area contributed by atoms with Crippen molar-refractivity contribution in [2.24, 2.45) is 24.8 Å². The summed E-state index contributed by atoms with van der Waals surface area (Å²) in [4.78, 5) is 102. The van der Waals surface area contributed by atoms with Crippen LogP contribution in [0.15, 0.2) is 77.9 Å². The van der Waals surface area contributed by atoms with E-state index < -0.39 is 41.2 Å². The maximum atomic E-state index is 15.6. The van der Waals surface area contributed by atoms with Crippen LogP contribution in [0.4, 0.5) is 28.9 Å². The second kappa shape index (κ2) is 19.7. The quantitative estimate of drug-likeness (QED) is 0.0826. The summed E-state index contributed by atoms with van der Waals surface area (Å²) in [5.41, 5.74) is 1.15. The van der Waals surface area contributed by atoms with E-state index in [0.717, 1.165) is 31.0 Å². The molecule has 4 aromatic carbocycles. The van der Waals surface area contributed by atoms with E-state index in [9.17, 15) is 46.7 Å². The van der Waals surface area contributed by atoms with Crippen LogP contribution >= 0.6 is 0 Å². The molecule has 3 fully saturated rings. The van der Waals surface area contributed by atoms with Crippen LogP contribution in [0.2, 0.25) is 0 Å². The molecule has 5 heterocycles. The van der Waals surface area contributed by atoms with Crippen molar-refractivity contribution in [2.45, 2.75) is 58.0 Å². The lowest BCUT2D eigenvalue weighted by Crippen LogP contribution is -2.52. The predicted molar refractivity (Wildman–Crippen MR) is 259 cm³/mol. The van der Waals surface area contributed by atoms with E-state index in [-0.39, 0.29) is 118 Å². The first-order valence-electron chi connectivity index (χ1n) is 23.8. The maximum absolute atomic E-state index is 15.6. The number of hydrogen-bond donors (Lipinski definition) is 3. The smallest absolute Gasteiger partial charge is 0.493 e. The normalized spacial score (nSPS) is 19.2. The number of aryl methyl sites for hydroxylation is 1. The predicted octanol–water partition coefficient (Wildman–Crippen LogP) is 6.53. The molecule has 3 aliphatic heterocycles. The average molecular weight is 1030 g/mol. The molecule has 2 saturated heterocycles. The van der Waals surface area contributed by atoms with Crippen LogP contribution < -0.4 is 40.3 Å². The van der Waals surface area contributed by atoms with E-state index in [1.54, 1.807) is 23.1 Å². The van der Waals surface area contributed by atoms with Crippen molar-refractivity contribution in [3.63, 3.8) is 0 Å². The number of nitrogens with one attached hydrogen (secondary N) is 3. The van der Waals surface area contributed by atoms with Gasteiger partial charge in [-0.25, -0.2) is 14.4 Å². The molecule has 0 bridgehead atoms. The highest BCUT2D eigenvalue weighted by Gasteiger charge is 2.43. The molecule has 6 amide bonds. The van der Waals surface area contributed by atoms with Gasteiger partial charge in [0.2, 0.25) is 29.0 Å². The molecule has 388 valence electrons. The first kappa shape index (κ1) is 49.9. The third-order valence-corrected chi connectivity index (χ3v) is 14.2. The topological polar surface area (TPSA) is 230 Å². The lowest BCUT2D eigenvalue weighted by atomic mass is 10.0. The second-order valence-electron chi connectivity index (χ2n) is 18.9. The monoisotopic (exact) mass is 1030 g/mol. The van der Waals surface area contributed by atoms with Crippen LogP contribution in [-0.4, -0.2) is 99.0 Å². The fourth-order valence-corrected chi connectivity index (χ4v) is 10.6. The van der Waals surface area contributed by atoms with Crippen molar-refractivity contribution in [2.75, 3.05) is 37.4 Å². The number of aromatic nitrogens is 3. The number of likely N-dealkylation sites (tertiary alicyclic amines) is 1. The minimum atomic E-state index is -5.01. The van der Waals surface area contributed by atoms with E-state index in [1.807, 2.05) is 0 Å². The Bertz CT molecular complexity index is 3450. The highest BCUT2D eigenvalue weighted by molar-refractivity contribution is 6.07. The highest BCUT2D eigenvalue weighted by Crippen LogP contribution is 2.44. The van der Waals surface area contributed by atoms with Crippen LogP contribution in [0, 0.1) is 30.5 Å². The number of anilines is 2. The Kier molecular flexibility index (Phi) is 13.1. The number of methoxy groups -OCH3 is 1. The number of amides is 6. The molecular weight excluding hydrogens is 989 g/mol. The molecule has 2 aromatic heterocycles. The Hall–Kier alpha value is -8.63. The fraction of sp³-hybridized carbons (Fsp3) is 0.327.